The number of aromatic nitrogens is 1. The van der Waals surface area contributed by atoms with Gasteiger partial charge < -0.3 is 10.1 Å². The number of rotatable bonds is 5. The van der Waals surface area contributed by atoms with Gasteiger partial charge in [0.05, 0.1) is 11.8 Å². The zero-order valence-corrected chi connectivity index (χ0v) is 12.9. The molecular weight excluding hydrogens is 308 g/mol. The molecular formula is C14H19BrN2O2. The molecule has 1 aromatic rings. The van der Waals surface area contributed by atoms with E-state index in [1.165, 1.54) is 0 Å². The Bertz CT molecular complexity index is 459. The van der Waals surface area contributed by atoms with Crippen LogP contribution in [0.15, 0.2) is 16.6 Å². The van der Waals surface area contributed by atoms with E-state index in [9.17, 15) is 4.79 Å². The van der Waals surface area contributed by atoms with Gasteiger partial charge in [0.15, 0.2) is 0 Å². The first kappa shape index (κ1) is 14.5. The van der Waals surface area contributed by atoms with Crippen LogP contribution in [0.5, 0.6) is 0 Å². The summed E-state index contributed by atoms with van der Waals surface area (Å²) in [5.41, 5.74) is 0.873. The summed E-state index contributed by atoms with van der Waals surface area (Å²) in [7, 11) is 0. The molecule has 0 radical (unpaired) electrons. The van der Waals surface area contributed by atoms with Crippen molar-refractivity contribution in [2.24, 2.45) is 5.92 Å². The predicted octanol–water partition coefficient (Wildman–Crippen LogP) is 3.30. The molecule has 1 aliphatic carbocycles. The second-order valence-electron chi connectivity index (χ2n) is 4.93. The number of aryl methyl sites for hydroxylation is 1. The van der Waals surface area contributed by atoms with E-state index in [2.05, 4.69) is 26.2 Å². The Kier molecular flexibility index (Phi) is 4.93. The van der Waals surface area contributed by atoms with Gasteiger partial charge in [-0.05, 0) is 60.7 Å². The number of halogens is 1. The van der Waals surface area contributed by atoms with Gasteiger partial charge in [-0.25, -0.2) is 4.98 Å². The summed E-state index contributed by atoms with van der Waals surface area (Å²) in [5, 5.41) is 2.84. The van der Waals surface area contributed by atoms with Gasteiger partial charge in [-0.15, -0.1) is 0 Å². The molecule has 1 aliphatic rings. The normalized spacial score (nSPS) is 21.8. The third-order valence-corrected chi connectivity index (χ3v) is 4.20. The molecule has 0 saturated heterocycles. The number of pyridine rings is 1. The number of nitrogens with one attached hydrogen (secondary N) is 1. The highest BCUT2D eigenvalue weighted by Gasteiger charge is 2.31. The number of amides is 1. The largest absolute Gasteiger partial charge is 0.378 e. The van der Waals surface area contributed by atoms with Crippen LogP contribution in [-0.4, -0.2) is 23.6 Å². The maximum atomic E-state index is 11.9. The molecule has 1 aromatic heterocycles. The number of hydrogen-bond acceptors (Lipinski definition) is 3. The Morgan fingerprint density at radius 2 is 2.26 bits per heavy atom. The summed E-state index contributed by atoms with van der Waals surface area (Å²) >= 11 is 3.39. The third-order valence-electron chi connectivity index (χ3n) is 3.36. The molecule has 1 fully saturated rings. The Labute approximate surface area is 122 Å². The lowest BCUT2D eigenvalue weighted by atomic mass is 9.80. The van der Waals surface area contributed by atoms with Crippen LogP contribution in [0.25, 0.3) is 0 Å². The van der Waals surface area contributed by atoms with Crippen LogP contribution in [0.4, 0.5) is 5.82 Å². The number of hydrogen-bond donors (Lipinski definition) is 1. The van der Waals surface area contributed by atoms with E-state index in [4.69, 9.17) is 4.74 Å². The molecule has 0 spiro atoms. The molecule has 0 atom stereocenters. The molecule has 5 heteroatoms. The SMILES string of the molecule is CCOC1CC(CC(=O)Nc2ccc(Br)c(C)n2)C1. The summed E-state index contributed by atoms with van der Waals surface area (Å²) in [5.74, 6) is 1.11. The van der Waals surface area contributed by atoms with Crippen molar-refractivity contribution < 1.29 is 9.53 Å². The fourth-order valence-corrected chi connectivity index (χ4v) is 2.50. The third kappa shape index (κ3) is 4.01. The molecule has 1 heterocycles. The standard InChI is InChI=1S/C14H19BrN2O2/c1-3-19-11-6-10(7-11)8-14(18)17-13-5-4-12(15)9(2)16-13/h4-5,10-11H,3,6-8H2,1-2H3,(H,16,17,18). The highest BCUT2D eigenvalue weighted by molar-refractivity contribution is 9.10. The van der Waals surface area contributed by atoms with Crippen LogP contribution >= 0.6 is 15.9 Å². The maximum absolute atomic E-state index is 11.9. The van der Waals surface area contributed by atoms with Crippen molar-refractivity contribution in [2.45, 2.75) is 39.2 Å². The molecule has 0 unspecified atom stereocenters. The smallest absolute Gasteiger partial charge is 0.225 e. The van der Waals surface area contributed by atoms with E-state index in [1.807, 2.05) is 19.9 Å². The summed E-state index contributed by atoms with van der Waals surface area (Å²) in [6.45, 7) is 4.66. The maximum Gasteiger partial charge on any atom is 0.225 e. The molecule has 1 N–H and O–H groups in total. The van der Waals surface area contributed by atoms with Crippen LogP contribution in [0.2, 0.25) is 0 Å². The fraction of sp³-hybridized carbons (Fsp3) is 0.571. The second-order valence-corrected chi connectivity index (χ2v) is 5.79. The van der Waals surface area contributed by atoms with Crippen molar-refractivity contribution in [3.05, 3.63) is 22.3 Å². The topological polar surface area (TPSA) is 51.2 Å². The molecule has 2 rings (SSSR count). The molecule has 1 saturated carbocycles. The number of carbonyl (C=O) groups excluding carboxylic acids is 1. The van der Waals surface area contributed by atoms with Gasteiger partial charge in [0.2, 0.25) is 5.91 Å². The lowest BCUT2D eigenvalue weighted by molar-refractivity contribution is -0.119. The molecule has 1 amide bonds. The highest BCUT2D eigenvalue weighted by atomic mass is 79.9. The summed E-state index contributed by atoms with van der Waals surface area (Å²) < 4.78 is 6.44. The Balaban J connectivity index is 1.77. The predicted molar refractivity (Wildman–Crippen MR) is 78.1 cm³/mol. The first-order valence-electron chi connectivity index (χ1n) is 6.63. The van der Waals surface area contributed by atoms with Crippen molar-refractivity contribution in [1.82, 2.24) is 4.98 Å². The average Bonchev–Trinajstić information content (AvgIpc) is 2.31. The van der Waals surface area contributed by atoms with Crippen molar-refractivity contribution in [3.8, 4) is 0 Å². The van der Waals surface area contributed by atoms with Crippen LogP contribution in [0.3, 0.4) is 0 Å². The summed E-state index contributed by atoms with van der Waals surface area (Å²) in [6.07, 6.45) is 2.90. The average molecular weight is 327 g/mol. The minimum absolute atomic E-state index is 0.0363. The Morgan fingerprint density at radius 1 is 1.53 bits per heavy atom. The molecule has 0 aliphatic heterocycles. The fourth-order valence-electron chi connectivity index (χ4n) is 2.28. The van der Waals surface area contributed by atoms with Gasteiger partial charge in [0.1, 0.15) is 5.82 Å². The Morgan fingerprint density at radius 3 is 2.89 bits per heavy atom. The molecule has 0 aromatic carbocycles. The number of ether oxygens (including phenoxy) is 1. The summed E-state index contributed by atoms with van der Waals surface area (Å²) in [4.78, 5) is 16.2. The minimum atomic E-state index is 0.0363. The monoisotopic (exact) mass is 326 g/mol. The lowest BCUT2D eigenvalue weighted by Gasteiger charge is -2.34. The molecule has 19 heavy (non-hydrogen) atoms. The van der Waals surface area contributed by atoms with Gasteiger partial charge in [-0.2, -0.15) is 0 Å². The number of carbonyl (C=O) groups is 1. The zero-order valence-electron chi connectivity index (χ0n) is 11.3. The van der Waals surface area contributed by atoms with Crippen molar-refractivity contribution >= 4 is 27.7 Å². The molecule has 4 nitrogen and oxygen atoms in total. The van der Waals surface area contributed by atoms with E-state index >= 15 is 0 Å². The molecule has 0 bridgehead atoms. The molecule has 104 valence electrons. The first-order valence-corrected chi connectivity index (χ1v) is 7.42. The second kappa shape index (κ2) is 6.48. The first-order chi connectivity index (χ1) is 9.08. The van der Waals surface area contributed by atoms with Crippen LogP contribution in [0.1, 0.15) is 31.9 Å². The van der Waals surface area contributed by atoms with E-state index in [1.54, 1.807) is 6.07 Å². The highest BCUT2D eigenvalue weighted by Crippen LogP contribution is 2.32. The zero-order chi connectivity index (χ0) is 13.8. The van der Waals surface area contributed by atoms with Gasteiger partial charge >= 0.3 is 0 Å². The lowest BCUT2D eigenvalue weighted by Crippen LogP contribution is -2.34. The van der Waals surface area contributed by atoms with Gasteiger partial charge in [0, 0.05) is 17.5 Å². The van der Waals surface area contributed by atoms with Crippen LogP contribution < -0.4 is 5.32 Å². The van der Waals surface area contributed by atoms with Crippen molar-refractivity contribution in [3.63, 3.8) is 0 Å². The van der Waals surface area contributed by atoms with Crippen molar-refractivity contribution in [1.29, 1.82) is 0 Å². The van der Waals surface area contributed by atoms with Crippen LogP contribution in [0, 0.1) is 12.8 Å². The minimum Gasteiger partial charge on any atom is -0.378 e. The van der Waals surface area contributed by atoms with Gasteiger partial charge in [-0.3, -0.25) is 4.79 Å². The van der Waals surface area contributed by atoms with Gasteiger partial charge in [0.25, 0.3) is 0 Å². The number of nitrogens with zero attached hydrogens (tertiary/aromatic N) is 1. The van der Waals surface area contributed by atoms with E-state index < -0.39 is 0 Å². The van der Waals surface area contributed by atoms with E-state index in [0.29, 0.717) is 24.3 Å². The summed E-state index contributed by atoms with van der Waals surface area (Å²) in [6, 6.07) is 3.70. The van der Waals surface area contributed by atoms with E-state index in [0.717, 1.165) is 29.6 Å². The van der Waals surface area contributed by atoms with E-state index in [-0.39, 0.29) is 5.91 Å². The number of anilines is 1. The quantitative estimate of drug-likeness (QED) is 0.903. The van der Waals surface area contributed by atoms with Crippen LogP contribution in [-0.2, 0) is 9.53 Å². The van der Waals surface area contributed by atoms with Gasteiger partial charge in [-0.1, -0.05) is 0 Å². The Hall–Kier alpha value is -0.940. The van der Waals surface area contributed by atoms with Crippen molar-refractivity contribution in [2.75, 3.05) is 11.9 Å².